The number of fused-ring (bicyclic) bond motifs is 1. The molecule has 0 saturated carbocycles. The van der Waals surface area contributed by atoms with Crippen molar-refractivity contribution in [2.45, 2.75) is 37.4 Å². The van der Waals surface area contributed by atoms with Crippen molar-refractivity contribution >= 4 is 40.5 Å². The molecule has 0 aliphatic rings. The first kappa shape index (κ1) is 26.3. The number of primary amides is 1. The van der Waals surface area contributed by atoms with E-state index in [-0.39, 0.29) is 19.3 Å². The van der Waals surface area contributed by atoms with Crippen LogP contribution in [0.15, 0.2) is 30.5 Å². The number of aromatic nitrogens is 1. The maximum Gasteiger partial charge on any atom is 0.326 e. The third-order valence-electron chi connectivity index (χ3n) is 5.00. The molecule has 2 rings (SSSR count). The summed E-state index contributed by atoms with van der Waals surface area (Å²) >= 11 is 0. The van der Waals surface area contributed by atoms with E-state index >= 15 is 0 Å². The predicted octanol–water partition coefficient (Wildman–Crippen LogP) is -2.53. The summed E-state index contributed by atoms with van der Waals surface area (Å²) in [5.74, 6) is -4.40. The third-order valence-corrected chi connectivity index (χ3v) is 5.00. The molecule has 0 fully saturated rings. The van der Waals surface area contributed by atoms with E-state index < -0.39 is 60.9 Å². The van der Waals surface area contributed by atoms with Crippen LogP contribution in [0.25, 0.3) is 10.9 Å². The summed E-state index contributed by atoms with van der Waals surface area (Å²) in [5.41, 5.74) is 12.0. The quantitative estimate of drug-likeness (QED) is 0.153. The molecule has 13 heteroatoms. The Hall–Kier alpha value is -3.97. The van der Waals surface area contributed by atoms with Gasteiger partial charge in [0.15, 0.2) is 0 Å². The number of carbonyl (C=O) groups excluding carboxylic acids is 4. The minimum absolute atomic E-state index is 0.0311. The van der Waals surface area contributed by atoms with E-state index in [1.807, 2.05) is 18.2 Å². The number of para-hydroxylation sites is 1. The van der Waals surface area contributed by atoms with Crippen molar-refractivity contribution < 1.29 is 34.2 Å². The van der Waals surface area contributed by atoms with Crippen LogP contribution in [-0.2, 0) is 30.4 Å². The fourth-order valence-electron chi connectivity index (χ4n) is 3.17. The molecule has 0 aliphatic heterocycles. The molecule has 1 aromatic carbocycles. The molecule has 1 aromatic heterocycles. The lowest BCUT2D eigenvalue weighted by atomic mass is 10.0. The van der Waals surface area contributed by atoms with Gasteiger partial charge in [0.2, 0.25) is 23.6 Å². The first-order chi connectivity index (χ1) is 16.1. The van der Waals surface area contributed by atoms with Crippen LogP contribution in [-0.4, -0.2) is 76.1 Å². The summed E-state index contributed by atoms with van der Waals surface area (Å²) in [7, 11) is 0. The van der Waals surface area contributed by atoms with Crippen molar-refractivity contribution in [2.75, 3.05) is 13.2 Å². The molecule has 10 N–H and O–H groups in total. The molecule has 4 amide bonds. The summed E-state index contributed by atoms with van der Waals surface area (Å²) in [6.45, 7) is -1.17. The highest BCUT2D eigenvalue weighted by Gasteiger charge is 2.28. The Balaban J connectivity index is 2.07. The average molecular weight is 476 g/mol. The fraction of sp³-hybridized carbons (Fsp3) is 0.381. The van der Waals surface area contributed by atoms with Gasteiger partial charge in [-0.25, -0.2) is 4.79 Å². The second kappa shape index (κ2) is 12.3. The van der Waals surface area contributed by atoms with Gasteiger partial charge in [0, 0.05) is 29.9 Å². The van der Waals surface area contributed by atoms with Crippen molar-refractivity contribution in [3.05, 3.63) is 36.0 Å². The Labute approximate surface area is 194 Å². The molecule has 3 unspecified atom stereocenters. The van der Waals surface area contributed by atoms with Gasteiger partial charge >= 0.3 is 5.97 Å². The topological polar surface area (TPSA) is 230 Å². The van der Waals surface area contributed by atoms with Crippen LogP contribution in [0.3, 0.4) is 0 Å². The lowest BCUT2D eigenvalue weighted by molar-refractivity contribution is -0.142. The number of carboxylic acids is 1. The predicted molar refractivity (Wildman–Crippen MR) is 120 cm³/mol. The van der Waals surface area contributed by atoms with Crippen LogP contribution in [0.5, 0.6) is 0 Å². The second-order valence-corrected chi connectivity index (χ2v) is 7.59. The molecule has 0 aliphatic carbocycles. The van der Waals surface area contributed by atoms with E-state index in [1.165, 1.54) is 0 Å². The Morgan fingerprint density at radius 1 is 1.03 bits per heavy atom. The van der Waals surface area contributed by atoms with Crippen molar-refractivity contribution in [3.8, 4) is 0 Å². The van der Waals surface area contributed by atoms with E-state index in [9.17, 15) is 29.1 Å². The molecular weight excluding hydrogens is 448 g/mol. The molecule has 184 valence electrons. The van der Waals surface area contributed by atoms with Crippen molar-refractivity contribution in [1.82, 2.24) is 20.9 Å². The minimum atomic E-state index is -1.32. The lowest BCUT2D eigenvalue weighted by Crippen LogP contribution is -2.54. The number of H-pyrrole nitrogens is 1. The number of aliphatic hydroxyl groups excluding tert-OH is 1. The number of aliphatic carboxylic acids is 1. The van der Waals surface area contributed by atoms with Crippen LogP contribution >= 0.6 is 0 Å². The van der Waals surface area contributed by atoms with Gasteiger partial charge in [-0.15, -0.1) is 0 Å². The third kappa shape index (κ3) is 7.56. The normalized spacial score (nSPS) is 13.5. The highest BCUT2D eigenvalue weighted by Crippen LogP contribution is 2.19. The van der Waals surface area contributed by atoms with Crippen molar-refractivity contribution in [2.24, 2.45) is 11.5 Å². The number of hydrogen-bond donors (Lipinski definition) is 8. The molecule has 2 aromatic rings. The maximum absolute atomic E-state index is 12.8. The monoisotopic (exact) mass is 476 g/mol. The SMILES string of the molecule is NC(=O)CCC(NC(=O)CNC(=O)C(N)CO)C(=O)NC(Cc1c[nH]c2ccccc12)C(=O)O. The molecule has 0 spiro atoms. The van der Waals surface area contributed by atoms with Crippen molar-refractivity contribution in [1.29, 1.82) is 0 Å². The van der Waals surface area contributed by atoms with Gasteiger partial charge in [-0.05, 0) is 18.1 Å². The lowest BCUT2D eigenvalue weighted by Gasteiger charge is -2.21. The Morgan fingerprint density at radius 3 is 2.38 bits per heavy atom. The molecule has 1 heterocycles. The number of benzene rings is 1. The maximum atomic E-state index is 12.8. The summed E-state index contributed by atoms with van der Waals surface area (Å²) < 4.78 is 0. The number of carboxylic acid groups (broad SMARTS) is 1. The standard InChI is InChI=1S/C21H28N6O7/c22-13(10-28)19(31)25-9-18(30)26-15(5-6-17(23)29)20(32)27-16(21(33)34)7-11-8-24-14-4-2-1-3-12(11)14/h1-4,8,13,15-16,24,28H,5-7,9-10,22H2,(H2,23,29)(H,25,31)(H,26,30)(H,27,32)(H,33,34). The summed E-state index contributed by atoms with van der Waals surface area (Å²) in [6.07, 6.45) is 1.19. The summed E-state index contributed by atoms with van der Waals surface area (Å²) in [5, 5.41) is 26.2. The van der Waals surface area contributed by atoms with E-state index in [4.69, 9.17) is 16.6 Å². The van der Waals surface area contributed by atoms with Gasteiger partial charge in [0.05, 0.1) is 13.2 Å². The zero-order chi connectivity index (χ0) is 25.3. The smallest absolute Gasteiger partial charge is 0.326 e. The Kier molecular flexibility index (Phi) is 9.52. The van der Waals surface area contributed by atoms with E-state index in [0.29, 0.717) is 5.56 Å². The summed E-state index contributed by atoms with van der Waals surface area (Å²) in [6, 6.07) is 3.45. The Morgan fingerprint density at radius 2 is 1.74 bits per heavy atom. The molecule has 3 atom stereocenters. The first-order valence-corrected chi connectivity index (χ1v) is 10.4. The highest BCUT2D eigenvalue weighted by molar-refractivity contribution is 5.93. The van der Waals surface area contributed by atoms with Crippen LogP contribution < -0.4 is 27.4 Å². The van der Waals surface area contributed by atoms with E-state index in [0.717, 1.165) is 10.9 Å². The number of aliphatic hydroxyl groups is 1. The van der Waals surface area contributed by atoms with Gasteiger partial charge < -0.3 is 42.6 Å². The molecule has 0 radical (unpaired) electrons. The highest BCUT2D eigenvalue weighted by atomic mass is 16.4. The van der Waals surface area contributed by atoms with Gasteiger partial charge in [0.25, 0.3) is 0 Å². The molecule has 34 heavy (non-hydrogen) atoms. The molecule has 0 saturated heterocycles. The fourth-order valence-corrected chi connectivity index (χ4v) is 3.17. The first-order valence-electron chi connectivity index (χ1n) is 10.4. The average Bonchev–Trinajstić information content (AvgIpc) is 3.21. The van der Waals surface area contributed by atoms with Gasteiger partial charge in [0.1, 0.15) is 18.1 Å². The van der Waals surface area contributed by atoms with Crippen molar-refractivity contribution in [3.63, 3.8) is 0 Å². The number of nitrogens with one attached hydrogen (secondary N) is 4. The van der Waals surface area contributed by atoms with Crippen LogP contribution in [0.4, 0.5) is 0 Å². The van der Waals surface area contributed by atoms with Gasteiger partial charge in [-0.1, -0.05) is 18.2 Å². The van der Waals surface area contributed by atoms with E-state index in [1.54, 1.807) is 12.3 Å². The number of hydrogen-bond acceptors (Lipinski definition) is 7. The minimum Gasteiger partial charge on any atom is -0.480 e. The summed E-state index contributed by atoms with van der Waals surface area (Å²) in [4.78, 5) is 62.6. The molecule has 13 nitrogen and oxygen atoms in total. The zero-order valence-electron chi connectivity index (χ0n) is 18.2. The van der Waals surface area contributed by atoms with Crippen LogP contribution in [0.2, 0.25) is 0 Å². The Bertz CT molecular complexity index is 1050. The zero-order valence-corrected chi connectivity index (χ0v) is 18.2. The molecule has 0 bridgehead atoms. The van der Waals surface area contributed by atoms with E-state index in [2.05, 4.69) is 20.9 Å². The number of rotatable bonds is 13. The van der Waals surface area contributed by atoms with Gasteiger partial charge in [-0.2, -0.15) is 0 Å². The van der Waals surface area contributed by atoms with Gasteiger partial charge in [-0.3, -0.25) is 19.2 Å². The number of nitrogens with two attached hydrogens (primary N) is 2. The number of carbonyl (C=O) groups is 5. The number of amides is 4. The van der Waals surface area contributed by atoms with Crippen LogP contribution in [0, 0.1) is 0 Å². The largest absolute Gasteiger partial charge is 0.480 e. The van der Waals surface area contributed by atoms with Crippen LogP contribution in [0.1, 0.15) is 18.4 Å². The number of aromatic amines is 1. The molecular formula is C21H28N6O7. The second-order valence-electron chi connectivity index (χ2n) is 7.59.